The smallest absolute Gasteiger partial charge is 0.407 e. The van der Waals surface area contributed by atoms with Gasteiger partial charge in [0.25, 0.3) is 5.91 Å². The number of piperidine rings is 1. The molecule has 0 spiro atoms. The summed E-state index contributed by atoms with van der Waals surface area (Å²) >= 11 is 0. The molecule has 1 aromatic rings. The second-order valence-electron chi connectivity index (χ2n) is 7.03. The van der Waals surface area contributed by atoms with E-state index in [4.69, 9.17) is 9.47 Å². The van der Waals surface area contributed by atoms with Crippen LogP contribution in [-0.2, 0) is 9.53 Å². The number of nitrogens with zero attached hydrogens (tertiary/aromatic N) is 1. The summed E-state index contributed by atoms with van der Waals surface area (Å²) in [6.07, 6.45) is 1.27. The second kappa shape index (κ2) is 9.46. The van der Waals surface area contributed by atoms with E-state index in [0.29, 0.717) is 25.6 Å². The van der Waals surface area contributed by atoms with Crippen molar-refractivity contribution in [2.45, 2.75) is 52.5 Å². The highest BCUT2D eigenvalue weighted by atomic mass is 16.5. The van der Waals surface area contributed by atoms with E-state index in [2.05, 4.69) is 31.3 Å². The molecule has 144 valence electrons. The van der Waals surface area contributed by atoms with Gasteiger partial charge in [0.15, 0.2) is 6.61 Å². The van der Waals surface area contributed by atoms with Gasteiger partial charge in [-0.25, -0.2) is 4.79 Å². The van der Waals surface area contributed by atoms with E-state index in [0.717, 1.165) is 29.7 Å². The summed E-state index contributed by atoms with van der Waals surface area (Å²) in [5, 5.41) is 2.81. The number of likely N-dealkylation sites (tertiary alicyclic amines) is 1. The third-order valence-corrected chi connectivity index (χ3v) is 4.51. The number of benzene rings is 1. The Bertz CT molecular complexity index is 630. The third kappa shape index (κ3) is 5.64. The molecular formula is C20H30N2O4. The summed E-state index contributed by atoms with van der Waals surface area (Å²) in [7, 11) is 0. The van der Waals surface area contributed by atoms with Gasteiger partial charge in [0.2, 0.25) is 0 Å². The second-order valence-corrected chi connectivity index (χ2v) is 7.03. The van der Waals surface area contributed by atoms with Gasteiger partial charge in [-0.3, -0.25) is 4.79 Å². The highest BCUT2D eigenvalue weighted by molar-refractivity contribution is 5.78. The average Bonchev–Trinajstić information content (AvgIpc) is 2.59. The zero-order chi connectivity index (χ0) is 19.1. The van der Waals surface area contributed by atoms with Crippen LogP contribution in [0.5, 0.6) is 5.75 Å². The van der Waals surface area contributed by atoms with E-state index in [1.165, 1.54) is 0 Å². The van der Waals surface area contributed by atoms with Gasteiger partial charge < -0.3 is 19.7 Å². The number of hydrogen-bond donors (Lipinski definition) is 1. The monoisotopic (exact) mass is 362 g/mol. The number of ether oxygens (including phenoxy) is 2. The number of carbonyl (C=O) groups excluding carboxylic acids is 2. The molecule has 0 aliphatic carbocycles. The lowest BCUT2D eigenvalue weighted by Gasteiger charge is -2.33. The maximum atomic E-state index is 12.6. The minimum atomic E-state index is -0.426. The standard InChI is InChI=1S/C20H30N2O4/c1-5-25-20(24)21-16-7-6-10-22(12-16)19(23)13-26-18-11-15(4)8-9-17(18)14(2)3/h8-9,11,14,16H,5-7,10,12-13H2,1-4H3,(H,21,24)/t16-/m0/s1. The fourth-order valence-electron chi connectivity index (χ4n) is 3.14. The Morgan fingerprint density at radius 3 is 2.81 bits per heavy atom. The average molecular weight is 362 g/mol. The quantitative estimate of drug-likeness (QED) is 0.844. The number of aryl methyl sites for hydroxylation is 1. The molecule has 0 unspecified atom stereocenters. The Morgan fingerprint density at radius 2 is 2.12 bits per heavy atom. The molecule has 1 atom stereocenters. The molecule has 2 amide bonds. The predicted octanol–water partition coefficient (Wildman–Crippen LogP) is 3.23. The molecular weight excluding hydrogens is 332 g/mol. The van der Waals surface area contributed by atoms with Crippen LogP contribution >= 0.6 is 0 Å². The van der Waals surface area contributed by atoms with Gasteiger partial charge in [-0.2, -0.15) is 0 Å². The fraction of sp³-hybridized carbons (Fsp3) is 0.600. The zero-order valence-corrected chi connectivity index (χ0v) is 16.2. The molecule has 1 fully saturated rings. The number of alkyl carbamates (subject to hydrolysis) is 1. The Hall–Kier alpha value is -2.24. The summed E-state index contributed by atoms with van der Waals surface area (Å²) in [5.74, 6) is 1.04. The highest BCUT2D eigenvalue weighted by Gasteiger charge is 2.25. The van der Waals surface area contributed by atoms with Crippen LogP contribution in [0.25, 0.3) is 0 Å². The number of amides is 2. The molecule has 6 nitrogen and oxygen atoms in total. The molecule has 0 aromatic heterocycles. The van der Waals surface area contributed by atoms with Crippen LogP contribution in [0.2, 0.25) is 0 Å². The van der Waals surface area contributed by atoms with E-state index in [1.807, 2.05) is 13.0 Å². The van der Waals surface area contributed by atoms with Crippen molar-refractivity contribution in [3.05, 3.63) is 29.3 Å². The molecule has 1 heterocycles. The molecule has 26 heavy (non-hydrogen) atoms. The summed E-state index contributed by atoms with van der Waals surface area (Å²) < 4.78 is 10.8. The molecule has 1 aliphatic rings. The van der Waals surface area contributed by atoms with Gasteiger partial charge in [-0.1, -0.05) is 26.0 Å². The molecule has 1 saturated heterocycles. The molecule has 0 radical (unpaired) electrons. The van der Waals surface area contributed by atoms with Crippen molar-refractivity contribution in [1.29, 1.82) is 0 Å². The Morgan fingerprint density at radius 1 is 1.35 bits per heavy atom. The number of hydrogen-bond acceptors (Lipinski definition) is 4. The lowest BCUT2D eigenvalue weighted by atomic mass is 10.0. The van der Waals surface area contributed by atoms with Crippen LogP contribution in [0.1, 0.15) is 50.7 Å². The van der Waals surface area contributed by atoms with E-state index in [9.17, 15) is 9.59 Å². The number of nitrogens with one attached hydrogen (secondary N) is 1. The fourth-order valence-corrected chi connectivity index (χ4v) is 3.14. The highest BCUT2D eigenvalue weighted by Crippen LogP contribution is 2.27. The van der Waals surface area contributed by atoms with E-state index >= 15 is 0 Å². The van der Waals surface area contributed by atoms with Crippen molar-refractivity contribution in [3.63, 3.8) is 0 Å². The molecule has 2 rings (SSSR count). The predicted molar refractivity (Wildman–Crippen MR) is 101 cm³/mol. The van der Waals surface area contributed by atoms with Crippen LogP contribution in [0.3, 0.4) is 0 Å². The minimum Gasteiger partial charge on any atom is -0.483 e. The Balaban J connectivity index is 1.91. The van der Waals surface area contributed by atoms with Gasteiger partial charge in [-0.15, -0.1) is 0 Å². The zero-order valence-electron chi connectivity index (χ0n) is 16.2. The third-order valence-electron chi connectivity index (χ3n) is 4.51. The first-order valence-electron chi connectivity index (χ1n) is 9.35. The van der Waals surface area contributed by atoms with Crippen molar-refractivity contribution in [2.24, 2.45) is 0 Å². The minimum absolute atomic E-state index is 0.00923. The first kappa shape index (κ1) is 20.1. The molecule has 1 N–H and O–H groups in total. The maximum absolute atomic E-state index is 12.6. The Labute approximate surface area is 155 Å². The van der Waals surface area contributed by atoms with E-state index < -0.39 is 6.09 Å². The van der Waals surface area contributed by atoms with Crippen molar-refractivity contribution >= 4 is 12.0 Å². The lowest BCUT2D eigenvalue weighted by Crippen LogP contribution is -2.50. The van der Waals surface area contributed by atoms with Crippen molar-refractivity contribution < 1.29 is 19.1 Å². The van der Waals surface area contributed by atoms with Crippen LogP contribution in [0.15, 0.2) is 18.2 Å². The van der Waals surface area contributed by atoms with Crippen LogP contribution < -0.4 is 10.1 Å². The molecule has 0 saturated carbocycles. The summed E-state index contributed by atoms with van der Waals surface area (Å²) in [6.45, 7) is 9.52. The molecule has 1 aromatic carbocycles. The SMILES string of the molecule is CCOC(=O)N[C@H]1CCCN(C(=O)COc2cc(C)ccc2C(C)C)C1. The topological polar surface area (TPSA) is 67.9 Å². The van der Waals surface area contributed by atoms with Crippen molar-refractivity contribution in [2.75, 3.05) is 26.3 Å². The van der Waals surface area contributed by atoms with E-state index in [-0.39, 0.29) is 18.6 Å². The van der Waals surface area contributed by atoms with Gasteiger partial charge >= 0.3 is 6.09 Å². The van der Waals surface area contributed by atoms with Crippen molar-refractivity contribution in [3.8, 4) is 5.75 Å². The largest absolute Gasteiger partial charge is 0.483 e. The van der Waals surface area contributed by atoms with Gasteiger partial charge in [0, 0.05) is 19.1 Å². The van der Waals surface area contributed by atoms with Crippen LogP contribution in [-0.4, -0.2) is 49.2 Å². The molecule has 0 bridgehead atoms. The van der Waals surface area contributed by atoms with E-state index in [1.54, 1.807) is 11.8 Å². The number of rotatable bonds is 6. The van der Waals surface area contributed by atoms with Crippen molar-refractivity contribution in [1.82, 2.24) is 10.2 Å². The van der Waals surface area contributed by atoms with Gasteiger partial charge in [0.1, 0.15) is 5.75 Å². The normalized spacial score (nSPS) is 17.1. The number of carbonyl (C=O) groups is 2. The molecule has 1 aliphatic heterocycles. The summed E-state index contributed by atoms with van der Waals surface area (Å²) in [6, 6.07) is 6.02. The van der Waals surface area contributed by atoms with Gasteiger partial charge in [-0.05, 0) is 49.8 Å². The first-order valence-corrected chi connectivity index (χ1v) is 9.35. The molecule has 6 heteroatoms. The van der Waals surface area contributed by atoms with Crippen LogP contribution in [0, 0.1) is 6.92 Å². The van der Waals surface area contributed by atoms with Crippen LogP contribution in [0.4, 0.5) is 4.79 Å². The Kier molecular flexibility index (Phi) is 7.30. The first-order chi connectivity index (χ1) is 12.4. The summed E-state index contributed by atoms with van der Waals surface area (Å²) in [4.78, 5) is 25.9. The van der Waals surface area contributed by atoms with Gasteiger partial charge in [0.05, 0.1) is 6.61 Å². The maximum Gasteiger partial charge on any atom is 0.407 e. The summed E-state index contributed by atoms with van der Waals surface area (Å²) in [5.41, 5.74) is 2.21. The lowest BCUT2D eigenvalue weighted by molar-refractivity contribution is -0.134.